The number of rotatable bonds is 7. The molecule has 0 radical (unpaired) electrons. The Labute approximate surface area is 106 Å². The van der Waals surface area contributed by atoms with E-state index < -0.39 is 0 Å². The lowest BCUT2D eigenvalue weighted by Crippen LogP contribution is -2.40. The highest BCUT2D eigenvalue weighted by Crippen LogP contribution is 2.39. The van der Waals surface area contributed by atoms with E-state index in [-0.39, 0.29) is 11.3 Å². The zero-order valence-corrected chi connectivity index (χ0v) is 11.6. The van der Waals surface area contributed by atoms with Gasteiger partial charge in [-0.05, 0) is 43.1 Å². The Morgan fingerprint density at radius 2 is 2.00 bits per heavy atom. The molecule has 3 N–H and O–H groups in total. The van der Waals surface area contributed by atoms with Crippen molar-refractivity contribution in [1.29, 1.82) is 0 Å². The van der Waals surface area contributed by atoms with E-state index in [4.69, 9.17) is 5.73 Å². The summed E-state index contributed by atoms with van der Waals surface area (Å²) >= 11 is 0. The first-order valence-corrected chi connectivity index (χ1v) is 6.84. The average molecular weight is 240 g/mol. The Bertz CT molecular complexity index is 257. The maximum Gasteiger partial charge on any atom is 0.220 e. The fraction of sp³-hybridized carbons (Fsp3) is 0.929. The molecule has 1 fully saturated rings. The first-order valence-electron chi connectivity index (χ1n) is 6.84. The van der Waals surface area contributed by atoms with Crippen molar-refractivity contribution in [3.8, 4) is 0 Å². The molecule has 0 aliphatic heterocycles. The summed E-state index contributed by atoms with van der Waals surface area (Å²) in [7, 11) is 0. The second kappa shape index (κ2) is 5.85. The SMILES string of the molecule is CC(C)(CCN)CCC(=O)NCC1(C)CCC1. The maximum absolute atomic E-state index is 11.7. The summed E-state index contributed by atoms with van der Waals surface area (Å²) < 4.78 is 0. The molecule has 1 aliphatic rings. The van der Waals surface area contributed by atoms with Gasteiger partial charge in [-0.15, -0.1) is 0 Å². The highest BCUT2D eigenvalue weighted by atomic mass is 16.1. The predicted molar refractivity (Wildman–Crippen MR) is 71.7 cm³/mol. The van der Waals surface area contributed by atoms with Crippen LogP contribution in [-0.4, -0.2) is 19.0 Å². The third-order valence-corrected chi connectivity index (χ3v) is 4.12. The number of nitrogens with one attached hydrogen (secondary N) is 1. The van der Waals surface area contributed by atoms with Gasteiger partial charge >= 0.3 is 0 Å². The maximum atomic E-state index is 11.7. The summed E-state index contributed by atoms with van der Waals surface area (Å²) in [6, 6.07) is 0. The van der Waals surface area contributed by atoms with Gasteiger partial charge < -0.3 is 11.1 Å². The van der Waals surface area contributed by atoms with Crippen LogP contribution < -0.4 is 11.1 Å². The molecule has 1 amide bonds. The van der Waals surface area contributed by atoms with Crippen molar-refractivity contribution in [3.05, 3.63) is 0 Å². The summed E-state index contributed by atoms with van der Waals surface area (Å²) in [6.45, 7) is 8.17. The van der Waals surface area contributed by atoms with E-state index >= 15 is 0 Å². The molecule has 0 aromatic carbocycles. The molecule has 0 bridgehead atoms. The first kappa shape index (κ1) is 14.5. The lowest BCUT2D eigenvalue weighted by molar-refractivity contribution is -0.122. The Morgan fingerprint density at radius 3 is 2.47 bits per heavy atom. The van der Waals surface area contributed by atoms with Gasteiger partial charge in [0.05, 0.1) is 0 Å². The highest BCUT2D eigenvalue weighted by molar-refractivity contribution is 5.75. The van der Waals surface area contributed by atoms with Crippen LogP contribution in [0, 0.1) is 10.8 Å². The number of hydrogen-bond acceptors (Lipinski definition) is 2. The molecule has 100 valence electrons. The molecule has 0 aromatic rings. The van der Waals surface area contributed by atoms with Gasteiger partial charge in [0.15, 0.2) is 0 Å². The summed E-state index contributed by atoms with van der Waals surface area (Å²) in [5.41, 5.74) is 6.13. The third-order valence-electron chi connectivity index (χ3n) is 4.12. The van der Waals surface area contributed by atoms with Gasteiger partial charge in [-0.3, -0.25) is 4.79 Å². The number of nitrogens with two attached hydrogens (primary N) is 1. The van der Waals surface area contributed by atoms with Gasteiger partial charge in [0.25, 0.3) is 0 Å². The molecule has 0 unspecified atom stereocenters. The molecular formula is C14H28N2O. The third kappa shape index (κ3) is 5.07. The van der Waals surface area contributed by atoms with Crippen molar-refractivity contribution >= 4 is 5.91 Å². The summed E-state index contributed by atoms with van der Waals surface area (Å²) in [6.07, 6.45) is 6.36. The summed E-state index contributed by atoms with van der Waals surface area (Å²) in [5, 5.41) is 3.07. The highest BCUT2D eigenvalue weighted by Gasteiger charge is 2.31. The molecular weight excluding hydrogens is 212 g/mol. The monoisotopic (exact) mass is 240 g/mol. The summed E-state index contributed by atoms with van der Waals surface area (Å²) in [4.78, 5) is 11.7. The molecule has 1 aliphatic carbocycles. The number of hydrogen-bond donors (Lipinski definition) is 2. The van der Waals surface area contributed by atoms with Crippen LogP contribution in [0.4, 0.5) is 0 Å². The minimum Gasteiger partial charge on any atom is -0.356 e. The van der Waals surface area contributed by atoms with Crippen LogP contribution in [0.15, 0.2) is 0 Å². The lowest BCUT2D eigenvalue weighted by Gasteiger charge is -2.38. The van der Waals surface area contributed by atoms with Crippen LogP contribution >= 0.6 is 0 Å². The van der Waals surface area contributed by atoms with E-state index in [0.717, 1.165) is 19.4 Å². The first-order chi connectivity index (χ1) is 7.87. The van der Waals surface area contributed by atoms with Crippen LogP contribution in [0.2, 0.25) is 0 Å². The predicted octanol–water partition coefficient (Wildman–Crippen LogP) is 2.45. The zero-order chi connectivity index (χ0) is 12.9. The van der Waals surface area contributed by atoms with Crippen molar-refractivity contribution in [3.63, 3.8) is 0 Å². The zero-order valence-electron chi connectivity index (χ0n) is 11.6. The van der Waals surface area contributed by atoms with Crippen molar-refractivity contribution in [2.75, 3.05) is 13.1 Å². The molecule has 3 nitrogen and oxygen atoms in total. The van der Waals surface area contributed by atoms with Gasteiger partial charge in [-0.2, -0.15) is 0 Å². The van der Waals surface area contributed by atoms with Crippen LogP contribution in [0.5, 0.6) is 0 Å². The Morgan fingerprint density at radius 1 is 1.35 bits per heavy atom. The van der Waals surface area contributed by atoms with Gasteiger partial charge in [-0.1, -0.05) is 27.2 Å². The van der Waals surface area contributed by atoms with Crippen LogP contribution in [0.1, 0.15) is 59.3 Å². The van der Waals surface area contributed by atoms with Crippen LogP contribution in [0.3, 0.4) is 0 Å². The fourth-order valence-electron chi connectivity index (χ4n) is 2.33. The smallest absolute Gasteiger partial charge is 0.220 e. The molecule has 0 spiro atoms. The van der Waals surface area contributed by atoms with Crippen molar-refractivity contribution < 1.29 is 4.79 Å². The molecule has 0 saturated heterocycles. The topological polar surface area (TPSA) is 55.1 Å². The molecule has 3 heteroatoms. The van der Waals surface area contributed by atoms with Crippen molar-refractivity contribution in [2.24, 2.45) is 16.6 Å². The largest absolute Gasteiger partial charge is 0.356 e. The van der Waals surface area contributed by atoms with E-state index in [0.29, 0.717) is 18.4 Å². The molecule has 0 atom stereocenters. The Balaban J connectivity index is 2.16. The standard InChI is InChI=1S/C14H28N2O/c1-13(2,9-10-15)8-5-12(17)16-11-14(3)6-4-7-14/h4-11,15H2,1-3H3,(H,16,17). The van der Waals surface area contributed by atoms with E-state index in [1.54, 1.807) is 0 Å². The van der Waals surface area contributed by atoms with E-state index in [1.165, 1.54) is 19.3 Å². The molecule has 1 saturated carbocycles. The van der Waals surface area contributed by atoms with Crippen LogP contribution in [-0.2, 0) is 4.79 Å². The van der Waals surface area contributed by atoms with Crippen molar-refractivity contribution in [2.45, 2.75) is 59.3 Å². The molecule has 0 aromatic heterocycles. The number of carbonyl (C=O) groups excluding carboxylic acids is 1. The molecule has 17 heavy (non-hydrogen) atoms. The van der Waals surface area contributed by atoms with E-state index in [2.05, 4.69) is 26.1 Å². The van der Waals surface area contributed by atoms with Gasteiger partial charge in [0, 0.05) is 13.0 Å². The normalized spacial score (nSPS) is 18.6. The van der Waals surface area contributed by atoms with E-state index in [9.17, 15) is 4.79 Å². The minimum absolute atomic E-state index is 0.187. The van der Waals surface area contributed by atoms with E-state index in [1.807, 2.05) is 0 Å². The number of carbonyl (C=O) groups is 1. The van der Waals surface area contributed by atoms with Gasteiger partial charge in [0.2, 0.25) is 5.91 Å². The molecule has 0 heterocycles. The van der Waals surface area contributed by atoms with Gasteiger partial charge in [0.1, 0.15) is 0 Å². The van der Waals surface area contributed by atoms with Crippen LogP contribution in [0.25, 0.3) is 0 Å². The quantitative estimate of drug-likeness (QED) is 0.718. The summed E-state index contributed by atoms with van der Waals surface area (Å²) in [5.74, 6) is 0.197. The molecule has 1 rings (SSSR count). The number of amides is 1. The second-order valence-electron chi connectivity index (χ2n) is 6.64. The fourth-order valence-corrected chi connectivity index (χ4v) is 2.33. The average Bonchev–Trinajstić information content (AvgIpc) is 2.21. The Kier molecular flexibility index (Phi) is 4.99. The minimum atomic E-state index is 0.187. The van der Waals surface area contributed by atoms with Crippen molar-refractivity contribution in [1.82, 2.24) is 5.32 Å². The lowest BCUT2D eigenvalue weighted by atomic mass is 9.70. The Hall–Kier alpha value is -0.570. The van der Waals surface area contributed by atoms with Gasteiger partial charge in [-0.25, -0.2) is 0 Å². The second-order valence-corrected chi connectivity index (χ2v) is 6.64.